The Bertz CT molecular complexity index is 1530. The zero-order chi connectivity index (χ0) is 27.7. The first-order valence-electron chi connectivity index (χ1n) is 12.5. The van der Waals surface area contributed by atoms with Crippen molar-refractivity contribution in [3.63, 3.8) is 0 Å². The predicted molar refractivity (Wildman–Crippen MR) is 159 cm³/mol. The molecule has 0 unspecified atom stereocenters. The Labute approximate surface area is 236 Å². The molecule has 0 bridgehead atoms. The summed E-state index contributed by atoms with van der Waals surface area (Å²) in [4.78, 5) is 43.4. The minimum absolute atomic E-state index is 0.176. The number of hydrogen-bond acceptors (Lipinski definition) is 6. The maximum absolute atomic E-state index is 13.7. The smallest absolute Gasteiger partial charge is 0.267 e. The fraction of sp³-hybridized carbons (Fsp3) is 0.200. The second-order valence-corrected chi connectivity index (χ2v) is 11.0. The summed E-state index contributed by atoms with van der Waals surface area (Å²) in [7, 11) is 1.61. The lowest BCUT2D eigenvalue weighted by molar-refractivity contribution is -0.122. The number of aryl methyl sites for hydroxylation is 2. The Hall–Kier alpha value is -3.95. The monoisotopic (exact) mass is 557 g/mol. The van der Waals surface area contributed by atoms with Gasteiger partial charge in [-0.3, -0.25) is 24.2 Å². The van der Waals surface area contributed by atoms with Crippen LogP contribution in [0, 0.1) is 13.8 Å². The van der Waals surface area contributed by atoms with Gasteiger partial charge in [-0.15, -0.1) is 0 Å². The Kier molecular flexibility index (Phi) is 7.54. The number of hydrogen-bond donors (Lipinski definition) is 1. The third-order valence-corrected chi connectivity index (χ3v) is 8.19. The number of anilines is 2. The van der Waals surface area contributed by atoms with Crippen LogP contribution in [0.15, 0.2) is 71.6 Å². The maximum atomic E-state index is 13.7. The molecule has 1 N–H and O–H groups in total. The second-order valence-electron chi connectivity index (χ2n) is 9.40. The highest BCUT2D eigenvalue weighted by Gasteiger charge is 2.42. The van der Waals surface area contributed by atoms with E-state index >= 15 is 0 Å². The highest BCUT2D eigenvalue weighted by molar-refractivity contribution is 8.26. The molecule has 3 aromatic rings. The number of methoxy groups -OCH3 is 1. The second kappa shape index (κ2) is 11.0. The van der Waals surface area contributed by atoms with Crippen molar-refractivity contribution in [1.29, 1.82) is 0 Å². The van der Waals surface area contributed by atoms with Crippen molar-refractivity contribution in [1.82, 2.24) is 4.90 Å². The van der Waals surface area contributed by atoms with Crippen LogP contribution in [0.3, 0.4) is 0 Å². The molecule has 5 rings (SSSR count). The largest absolute Gasteiger partial charge is 0.497 e. The number of thiocarbonyl (C=S) groups is 1. The predicted octanol–water partition coefficient (Wildman–Crippen LogP) is 5.11. The molecular weight excluding hydrogens is 530 g/mol. The molecule has 9 heteroatoms. The Morgan fingerprint density at radius 3 is 2.44 bits per heavy atom. The quantitative estimate of drug-likeness (QED) is 0.321. The molecule has 0 radical (unpaired) electrons. The third kappa shape index (κ3) is 5.32. The lowest BCUT2D eigenvalue weighted by Crippen LogP contribution is -2.36. The Balaban J connectivity index is 1.36. The van der Waals surface area contributed by atoms with Gasteiger partial charge in [0.1, 0.15) is 16.6 Å². The van der Waals surface area contributed by atoms with Crippen molar-refractivity contribution >= 4 is 63.0 Å². The van der Waals surface area contributed by atoms with Gasteiger partial charge >= 0.3 is 0 Å². The summed E-state index contributed by atoms with van der Waals surface area (Å²) >= 11 is 6.67. The van der Waals surface area contributed by atoms with E-state index in [1.807, 2.05) is 68.4 Å². The van der Waals surface area contributed by atoms with E-state index in [9.17, 15) is 14.4 Å². The Morgan fingerprint density at radius 2 is 1.72 bits per heavy atom. The van der Waals surface area contributed by atoms with E-state index in [0.717, 1.165) is 34.2 Å². The summed E-state index contributed by atoms with van der Waals surface area (Å²) < 4.78 is 5.62. The highest BCUT2D eigenvalue weighted by Crippen LogP contribution is 2.44. The molecule has 0 atom stereocenters. The first-order chi connectivity index (χ1) is 18.8. The van der Waals surface area contributed by atoms with Crippen LogP contribution in [0.25, 0.3) is 5.57 Å². The zero-order valence-electron chi connectivity index (χ0n) is 21.8. The summed E-state index contributed by atoms with van der Waals surface area (Å²) in [6, 6.07) is 20.6. The minimum atomic E-state index is -0.386. The third-order valence-electron chi connectivity index (χ3n) is 6.74. The molecule has 2 aliphatic heterocycles. The minimum Gasteiger partial charge on any atom is -0.497 e. The summed E-state index contributed by atoms with van der Waals surface area (Å²) in [5.74, 6) is -0.237. The molecule has 0 aliphatic carbocycles. The number of carbonyl (C=O) groups is 3. The molecule has 198 valence electrons. The van der Waals surface area contributed by atoms with E-state index in [2.05, 4.69) is 5.32 Å². The molecule has 3 amide bonds. The van der Waals surface area contributed by atoms with Gasteiger partial charge in [0.15, 0.2) is 0 Å². The number of nitrogens with zero attached hydrogens (tertiary/aromatic N) is 2. The number of ether oxygens (including phenoxy) is 1. The number of thioether (sulfide) groups is 1. The number of amides is 3. The van der Waals surface area contributed by atoms with Gasteiger partial charge in [-0.2, -0.15) is 0 Å². The first-order valence-corrected chi connectivity index (χ1v) is 13.7. The maximum Gasteiger partial charge on any atom is 0.267 e. The molecule has 1 saturated heterocycles. The van der Waals surface area contributed by atoms with Gasteiger partial charge in [0.25, 0.3) is 11.8 Å². The number of fused-ring (bicyclic) bond motifs is 1. The van der Waals surface area contributed by atoms with Crippen LogP contribution in [0.1, 0.15) is 22.3 Å². The number of carbonyl (C=O) groups excluding carboxylic acids is 3. The summed E-state index contributed by atoms with van der Waals surface area (Å²) in [6.07, 6.45) is 0.605. The molecule has 3 aromatic carbocycles. The molecule has 2 heterocycles. The SMILES string of the molecule is COc1ccc(CCN2C(=O)C(=C3C(=O)N(CC(=O)Nc4ccc(C)cc4C)c4ccccc43)SC2=S)cc1. The topological polar surface area (TPSA) is 79.0 Å². The summed E-state index contributed by atoms with van der Waals surface area (Å²) in [5, 5.41) is 2.90. The van der Waals surface area contributed by atoms with Crippen LogP contribution in [0.4, 0.5) is 11.4 Å². The number of nitrogens with one attached hydrogen (secondary N) is 1. The van der Waals surface area contributed by atoms with Crippen LogP contribution in [0.5, 0.6) is 5.75 Å². The fourth-order valence-electron chi connectivity index (χ4n) is 4.72. The summed E-state index contributed by atoms with van der Waals surface area (Å²) in [6.45, 7) is 4.13. The van der Waals surface area contributed by atoms with Gasteiger partial charge < -0.3 is 10.1 Å². The molecule has 7 nitrogen and oxygen atoms in total. The van der Waals surface area contributed by atoms with Gasteiger partial charge in [0.2, 0.25) is 5.91 Å². The van der Waals surface area contributed by atoms with Gasteiger partial charge in [0, 0.05) is 17.8 Å². The molecule has 1 fully saturated rings. The van der Waals surface area contributed by atoms with Crippen LogP contribution in [-0.4, -0.2) is 47.1 Å². The van der Waals surface area contributed by atoms with Crippen molar-refractivity contribution in [2.45, 2.75) is 20.3 Å². The zero-order valence-corrected chi connectivity index (χ0v) is 23.4. The highest BCUT2D eigenvalue weighted by atomic mass is 32.2. The van der Waals surface area contributed by atoms with Crippen molar-refractivity contribution in [3.05, 3.63) is 93.9 Å². The number of rotatable bonds is 7. The summed E-state index contributed by atoms with van der Waals surface area (Å²) in [5.41, 5.74) is 5.28. The Morgan fingerprint density at radius 1 is 0.974 bits per heavy atom. The lowest BCUT2D eigenvalue weighted by Gasteiger charge is -2.17. The molecule has 0 aromatic heterocycles. The van der Waals surface area contributed by atoms with Gasteiger partial charge in [-0.1, -0.05) is 72.0 Å². The molecule has 39 heavy (non-hydrogen) atoms. The first kappa shape index (κ1) is 26.6. The van der Waals surface area contributed by atoms with Crippen molar-refractivity contribution in [2.24, 2.45) is 0 Å². The van der Waals surface area contributed by atoms with Crippen molar-refractivity contribution in [2.75, 3.05) is 30.4 Å². The normalized spacial score (nSPS) is 16.6. The fourth-order valence-corrected chi connectivity index (χ4v) is 6.10. The molecule has 2 aliphatic rings. The van der Waals surface area contributed by atoms with Gasteiger partial charge in [-0.05, 0) is 55.7 Å². The van der Waals surface area contributed by atoms with Crippen LogP contribution >= 0.6 is 24.0 Å². The lowest BCUT2D eigenvalue weighted by atomic mass is 10.1. The van der Waals surface area contributed by atoms with E-state index in [1.165, 1.54) is 9.80 Å². The number of para-hydroxylation sites is 1. The van der Waals surface area contributed by atoms with E-state index in [-0.39, 0.29) is 29.8 Å². The van der Waals surface area contributed by atoms with Crippen LogP contribution in [0.2, 0.25) is 0 Å². The van der Waals surface area contributed by atoms with Gasteiger partial charge in [-0.25, -0.2) is 0 Å². The van der Waals surface area contributed by atoms with E-state index in [0.29, 0.717) is 39.1 Å². The average Bonchev–Trinajstić information content (AvgIpc) is 3.36. The van der Waals surface area contributed by atoms with Crippen molar-refractivity contribution < 1.29 is 19.1 Å². The number of benzene rings is 3. The molecular formula is C30H27N3O4S2. The van der Waals surface area contributed by atoms with Crippen molar-refractivity contribution in [3.8, 4) is 5.75 Å². The molecule has 0 spiro atoms. The van der Waals surface area contributed by atoms with E-state index in [4.69, 9.17) is 17.0 Å². The van der Waals surface area contributed by atoms with E-state index < -0.39 is 0 Å². The van der Waals surface area contributed by atoms with E-state index in [1.54, 1.807) is 19.2 Å². The van der Waals surface area contributed by atoms with Gasteiger partial charge in [0.05, 0.1) is 23.3 Å². The van der Waals surface area contributed by atoms with Crippen LogP contribution < -0.4 is 15.0 Å². The molecule has 0 saturated carbocycles. The van der Waals surface area contributed by atoms with Crippen LogP contribution in [-0.2, 0) is 20.8 Å². The average molecular weight is 558 g/mol. The standard InChI is InChI=1S/C30H27N3O4S2/c1-18-8-13-23(19(2)16-18)31-25(34)17-33-24-7-5-4-6-22(24)26(28(33)35)27-29(36)32(30(38)39-27)15-14-20-9-11-21(37-3)12-10-20/h4-13,16H,14-15,17H2,1-3H3,(H,31,34).